The molecule has 174 valence electrons. The molecule has 3 aromatic heterocycles. The molecule has 0 aromatic carbocycles. The molecule has 0 amide bonds. The van der Waals surface area contributed by atoms with Crippen molar-refractivity contribution in [3.63, 3.8) is 0 Å². The van der Waals surface area contributed by atoms with Crippen molar-refractivity contribution in [1.82, 2.24) is 19.7 Å². The summed E-state index contributed by atoms with van der Waals surface area (Å²) in [5.74, 6) is 0. The van der Waals surface area contributed by atoms with Crippen molar-refractivity contribution in [2.75, 3.05) is 0 Å². The van der Waals surface area contributed by atoms with E-state index in [2.05, 4.69) is 38.5 Å². The number of allylic oxidation sites excluding steroid dienone is 10. The topological polar surface area (TPSA) is 88.3 Å². The molecule has 0 aliphatic carbocycles. The fraction of sp³-hybridized carbons (Fsp3) is 0.160. The molecular formula is C25H26N6OS2. The van der Waals surface area contributed by atoms with Crippen LogP contribution in [0, 0.1) is 13.8 Å². The van der Waals surface area contributed by atoms with Gasteiger partial charge < -0.3 is 0 Å². The first-order valence-corrected chi connectivity index (χ1v) is 12.2. The lowest BCUT2D eigenvalue weighted by molar-refractivity contribution is 0.833. The van der Waals surface area contributed by atoms with Gasteiger partial charge in [0.15, 0.2) is 5.69 Å². The zero-order valence-electron chi connectivity index (χ0n) is 19.6. The monoisotopic (exact) mass is 490 g/mol. The van der Waals surface area contributed by atoms with Gasteiger partial charge in [-0.25, -0.2) is 9.97 Å². The molecule has 3 aromatic rings. The maximum absolute atomic E-state index is 13.4. The zero-order chi connectivity index (χ0) is 24.7. The molecule has 0 spiro atoms. The van der Waals surface area contributed by atoms with Gasteiger partial charge in [0.25, 0.3) is 0 Å². The van der Waals surface area contributed by atoms with Gasteiger partial charge in [-0.05, 0) is 33.3 Å². The second-order valence-corrected chi connectivity index (χ2v) is 9.04. The number of nitrogens with one attached hydrogen (secondary N) is 1. The number of aromatic nitrogens is 4. The summed E-state index contributed by atoms with van der Waals surface area (Å²) in [7, 11) is 0. The Kier molecular flexibility index (Phi) is 8.39. The third-order valence-electron chi connectivity index (χ3n) is 4.75. The number of aryl methyl sites for hydroxylation is 2. The van der Waals surface area contributed by atoms with E-state index >= 15 is 0 Å². The second-order valence-electron chi connectivity index (χ2n) is 7.03. The largest absolute Gasteiger partial charge is 0.301 e. The Morgan fingerprint density at radius 2 is 1.91 bits per heavy atom. The van der Waals surface area contributed by atoms with Gasteiger partial charge in [0.1, 0.15) is 0 Å². The van der Waals surface area contributed by atoms with Gasteiger partial charge in [-0.2, -0.15) is 4.68 Å². The minimum absolute atomic E-state index is 0.180. The number of aromatic amines is 1. The predicted molar refractivity (Wildman–Crippen MR) is 144 cm³/mol. The van der Waals surface area contributed by atoms with Crippen LogP contribution in [0.3, 0.4) is 0 Å². The van der Waals surface area contributed by atoms with Crippen molar-refractivity contribution in [2.45, 2.75) is 27.7 Å². The molecule has 3 heterocycles. The molecular weight excluding hydrogens is 464 g/mol. The van der Waals surface area contributed by atoms with Crippen molar-refractivity contribution >= 4 is 44.6 Å². The number of thiazole rings is 2. The highest BCUT2D eigenvalue weighted by atomic mass is 32.1. The Morgan fingerprint density at radius 1 is 1.12 bits per heavy atom. The first kappa shape index (κ1) is 24.9. The van der Waals surface area contributed by atoms with Crippen molar-refractivity contribution < 1.29 is 0 Å². The highest BCUT2D eigenvalue weighted by molar-refractivity contribution is 7.15. The Hall–Kier alpha value is -3.69. The first-order valence-electron chi connectivity index (χ1n) is 10.5. The Morgan fingerprint density at radius 3 is 2.53 bits per heavy atom. The normalized spacial score (nSPS) is 13.1. The van der Waals surface area contributed by atoms with Crippen LogP contribution in [0.5, 0.6) is 0 Å². The van der Waals surface area contributed by atoms with Crippen LogP contribution in [0.2, 0.25) is 0 Å². The van der Waals surface area contributed by atoms with Gasteiger partial charge >= 0.3 is 5.56 Å². The van der Waals surface area contributed by atoms with Gasteiger partial charge in [0.2, 0.25) is 10.3 Å². The fourth-order valence-electron chi connectivity index (χ4n) is 2.98. The molecule has 0 radical (unpaired) electrons. The smallest absolute Gasteiger partial charge is 0.286 e. The van der Waals surface area contributed by atoms with Gasteiger partial charge in [-0.1, -0.05) is 73.1 Å². The minimum atomic E-state index is -0.351. The quantitative estimate of drug-likeness (QED) is 0.250. The average Bonchev–Trinajstić information content (AvgIpc) is 3.51. The zero-order valence-corrected chi connectivity index (χ0v) is 21.2. The molecule has 0 saturated heterocycles. The molecule has 9 heteroatoms. The van der Waals surface area contributed by atoms with E-state index in [-0.39, 0.29) is 11.2 Å². The van der Waals surface area contributed by atoms with Crippen molar-refractivity contribution in [2.24, 2.45) is 10.2 Å². The Labute approximate surface area is 206 Å². The summed E-state index contributed by atoms with van der Waals surface area (Å²) in [6, 6.07) is 0. The fourth-order valence-corrected chi connectivity index (χ4v) is 4.50. The van der Waals surface area contributed by atoms with Crippen molar-refractivity contribution in [1.29, 1.82) is 0 Å². The molecule has 7 nitrogen and oxygen atoms in total. The van der Waals surface area contributed by atoms with E-state index in [1.807, 2.05) is 63.5 Å². The maximum atomic E-state index is 13.4. The highest BCUT2D eigenvalue weighted by Gasteiger charge is 2.19. The average molecular weight is 491 g/mol. The van der Waals surface area contributed by atoms with Gasteiger partial charge in [0, 0.05) is 15.8 Å². The van der Waals surface area contributed by atoms with E-state index in [9.17, 15) is 4.79 Å². The molecule has 0 bridgehead atoms. The summed E-state index contributed by atoms with van der Waals surface area (Å²) in [5.41, 5.74) is 3.68. The Bertz CT molecular complexity index is 1390. The van der Waals surface area contributed by atoms with Crippen LogP contribution in [0.15, 0.2) is 82.2 Å². The summed E-state index contributed by atoms with van der Waals surface area (Å²) in [4.78, 5) is 23.5. The van der Waals surface area contributed by atoms with E-state index in [4.69, 9.17) is 0 Å². The lowest BCUT2D eigenvalue weighted by Crippen LogP contribution is -2.13. The molecule has 0 unspecified atom stereocenters. The van der Waals surface area contributed by atoms with Gasteiger partial charge in [-0.3, -0.25) is 9.89 Å². The molecule has 0 atom stereocenters. The summed E-state index contributed by atoms with van der Waals surface area (Å²) < 4.78 is 1.39. The predicted octanol–water partition coefficient (Wildman–Crippen LogP) is 7.40. The van der Waals surface area contributed by atoms with Crippen LogP contribution in [0.25, 0.3) is 16.3 Å². The van der Waals surface area contributed by atoms with E-state index in [1.165, 1.54) is 27.4 Å². The summed E-state index contributed by atoms with van der Waals surface area (Å²) >= 11 is 2.78. The molecule has 3 rings (SSSR count). The van der Waals surface area contributed by atoms with Crippen molar-refractivity contribution in [3.8, 4) is 5.13 Å². The summed E-state index contributed by atoms with van der Waals surface area (Å²) in [6.45, 7) is 15.2. The Balaban J connectivity index is 2.15. The highest BCUT2D eigenvalue weighted by Crippen LogP contribution is 2.29. The SMILES string of the molecule is C=C/C=C\C(=C/C)c1[nH]n(-c2nc(C(/C=C\C)=C/C=C)cs2)c(=O)c1N=Nc1nc(C)c(C)s1. The molecule has 0 aliphatic rings. The molecule has 34 heavy (non-hydrogen) atoms. The molecule has 0 fully saturated rings. The molecule has 1 N–H and O–H groups in total. The third-order valence-corrected chi connectivity index (χ3v) is 6.54. The van der Waals surface area contributed by atoms with Crippen LogP contribution in [-0.4, -0.2) is 19.7 Å². The molecule has 0 saturated carbocycles. The number of nitrogens with zero attached hydrogens (tertiary/aromatic N) is 5. The van der Waals surface area contributed by atoms with E-state index in [0.29, 0.717) is 16.0 Å². The van der Waals surface area contributed by atoms with Crippen LogP contribution in [-0.2, 0) is 0 Å². The first-order chi connectivity index (χ1) is 16.4. The van der Waals surface area contributed by atoms with E-state index in [0.717, 1.165) is 27.4 Å². The van der Waals surface area contributed by atoms with Gasteiger partial charge in [-0.15, -0.1) is 21.6 Å². The third kappa shape index (κ3) is 5.44. The van der Waals surface area contributed by atoms with Crippen LogP contribution in [0.4, 0.5) is 10.8 Å². The van der Waals surface area contributed by atoms with Gasteiger partial charge in [0.05, 0.1) is 17.1 Å². The summed E-state index contributed by atoms with van der Waals surface area (Å²) in [5, 5.41) is 14.6. The number of H-pyrrole nitrogens is 1. The van der Waals surface area contributed by atoms with Crippen LogP contribution >= 0.6 is 22.7 Å². The number of azo groups is 1. The van der Waals surface area contributed by atoms with Crippen molar-refractivity contribution in [3.05, 3.63) is 99.5 Å². The van der Waals surface area contributed by atoms with E-state index < -0.39 is 0 Å². The van der Waals surface area contributed by atoms with E-state index in [1.54, 1.807) is 18.2 Å². The summed E-state index contributed by atoms with van der Waals surface area (Å²) in [6.07, 6.45) is 14.7. The van der Waals surface area contributed by atoms with Crippen LogP contribution < -0.4 is 5.56 Å². The van der Waals surface area contributed by atoms with Crippen LogP contribution in [0.1, 0.15) is 35.8 Å². The number of rotatable bonds is 9. The lowest BCUT2D eigenvalue weighted by atomic mass is 10.1. The second kappa shape index (κ2) is 11.4. The minimum Gasteiger partial charge on any atom is -0.286 e. The molecule has 0 aliphatic heterocycles. The standard InChI is InChI=1S/C25H26N6OS2/c1-7-11-14-18(10-4)21-22(28-29-24-26-16(5)17(6)34-24)23(32)31(30-21)25-27-20(15-33-25)19(12-8-2)13-9-3/h7-15,30H,1-2H2,3-6H3/b13-9-,14-11-,18-10+,19-12+,29-28?. The lowest BCUT2D eigenvalue weighted by Gasteiger charge is -1.99. The maximum Gasteiger partial charge on any atom is 0.301 e. The number of hydrogen-bond donors (Lipinski definition) is 1. The number of hydrogen-bond acceptors (Lipinski definition) is 7.